The zero-order chi connectivity index (χ0) is 17.9. The molecule has 0 fully saturated rings. The van der Waals surface area contributed by atoms with Crippen LogP contribution in [0.1, 0.15) is 20.7 Å². The zero-order valence-electron chi connectivity index (χ0n) is 13.4. The van der Waals surface area contributed by atoms with Crippen molar-refractivity contribution < 1.29 is 19.1 Å². The van der Waals surface area contributed by atoms with Crippen molar-refractivity contribution in [3.8, 4) is 10.1 Å². The second-order valence-electron chi connectivity index (χ2n) is 5.42. The van der Waals surface area contributed by atoms with Crippen LogP contribution in [0.5, 0.6) is 10.1 Å². The van der Waals surface area contributed by atoms with Crippen molar-refractivity contribution in [2.24, 2.45) is 0 Å². The number of ether oxygens (including phenoxy) is 2. The van der Waals surface area contributed by atoms with E-state index >= 15 is 0 Å². The topological polar surface area (TPSA) is 52.6 Å². The molecule has 0 radical (unpaired) electrons. The van der Waals surface area contributed by atoms with Crippen LogP contribution in [0.4, 0.5) is 0 Å². The predicted molar refractivity (Wildman–Crippen MR) is 103 cm³/mol. The lowest BCUT2D eigenvalue weighted by atomic mass is 10.0. The van der Waals surface area contributed by atoms with Crippen LogP contribution < -0.4 is 9.47 Å². The molecule has 6 heteroatoms. The Morgan fingerprint density at radius 2 is 1.12 bits per heavy atom. The van der Waals surface area contributed by atoms with Gasteiger partial charge in [-0.3, -0.25) is 0 Å². The molecule has 0 bridgehead atoms. The van der Waals surface area contributed by atoms with Crippen molar-refractivity contribution in [1.82, 2.24) is 0 Å². The average Bonchev–Trinajstić information content (AvgIpc) is 3.35. The van der Waals surface area contributed by atoms with Gasteiger partial charge in [-0.1, -0.05) is 12.1 Å². The standard InChI is InChI=1S/C20H12O4S2/c21-19(23-17-3-1-9-25-17)15-7-5-14-12-16(8-6-13(14)11-15)20(22)24-18-4-2-10-26-18/h1-12H. The van der Waals surface area contributed by atoms with Crippen LogP contribution in [0.3, 0.4) is 0 Å². The summed E-state index contributed by atoms with van der Waals surface area (Å²) in [6.07, 6.45) is 0. The lowest BCUT2D eigenvalue weighted by Gasteiger charge is -2.06. The molecule has 0 saturated heterocycles. The van der Waals surface area contributed by atoms with Gasteiger partial charge in [0, 0.05) is 0 Å². The Balaban J connectivity index is 1.56. The number of hydrogen-bond donors (Lipinski definition) is 0. The molecule has 0 N–H and O–H groups in total. The van der Waals surface area contributed by atoms with E-state index < -0.39 is 11.9 Å². The Morgan fingerprint density at radius 1 is 0.654 bits per heavy atom. The van der Waals surface area contributed by atoms with Gasteiger partial charge in [0.05, 0.1) is 11.1 Å². The molecule has 0 aliphatic heterocycles. The van der Waals surface area contributed by atoms with Crippen molar-refractivity contribution in [3.05, 3.63) is 82.6 Å². The number of hydrogen-bond acceptors (Lipinski definition) is 6. The van der Waals surface area contributed by atoms with Crippen LogP contribution in [0.2, 0.25) is 0 Å². The van der Waals surface area contributed by atoms with Gasteiger partial charge in [-0.05, 0) is 70.1 Å². The highest BCUT2D eigenvalue weighted by Crippen LogP contribution is 2.24. The maximum Gasteiger partial charge on any atom is 0.344 e. The van der Waals surface area contributed by atoms with E-state index in [2.05, 4.69) is 0 Å². The van der Waals surface area contributed by atoms with Gasteiger partial charge >= 0.3 is 11.9 Å². The third-order valence-electron chi connectivity index (χ3n) is 3.69. The molecular formula is C20H12O4S2. The fourth-order valence-corrected chi connectivity index (χ4v) is 3.59. The van der Waals surface area contributed by atoms with Crippen LogP contribution in [0.15, 0.2) is 71.4 Å². The minimum atomic E-state index is -0.407. The Bertz CT molecular complexity index is 979. The third kappa shape index (κ3) is 3.51. The lowest BCUT2D eigenvalue weighted by Crippen LogP contribution is -2.08. The first kappa shape index (κ1) is 16.5. The van der Waals surface area contributed by atoms with Crippen molar-refractivity contribution in [2.45, 2.75) is 0 Å². The number of esters is 2. The van der Waals surface area contributed by atoms with E-state index in [0.29, 0.717) is 21.3 Å². The highest BCUT2D eigenvalue weighted by Gasteiger charge is 2.13. The maximum absolute atomic E-state index is 12.2. The Labute approximate surface area is 157 Å². The van der Waals surface area contributed by atoms with Gasteiger partial charge in [0.1, 0.15) is 0 Å². The number of benzene rings is 2. The molecular weight excluding hydrogens is 368 g/mol. The van der Waals surface area contributed by atoms with Crippen LogP contribution in [-0.2, 0) is 0 Å². The van der Waals surface area contributed by atoms with Crippen LogP contribution in [0, 0.1) is 0 Å². The molecule has 26 heavy (non-hydrogen) atoms. The van der Waals surface area contributed by atoms with Gasteiger partial charge in [0.2, 0.25) is 0 Å². The smallest absolute Gasteiger partial charge is 0.344 e. The molecule has 128 valence electrons. The molecule has 0 spiro atoms. The van der Waals surface area contributed by atoms with Crippen molar-refractivity contribution in [3.63, 3.8) is 0 Å². The summed E-state index contributed by atoms with van der Waals surface area (Å²) in [5, 5.41) is 6.50. The molecule has 0 unspecified atom stereocenters. The van der Waals surface area contributed by atoms with E-state index in [4.69, 9.17) is 9.47 Å². The van der Waals surface area contributed by atoms with Crippen molar-refractivity contribution in [1.29, 1.82) is 0 Å². The summed E-state index contributed by atoms with van der Waals surface area (Å²) in [5.74, 6) is -0.814. The van der Waals surface area contributed by atoms with Crippen LogP contribution in [-0.4, -0.2) is 11.9 Å². The van der Waals surface area contributed by atoms with Gasteiger partial charge in [-0.25, -0.2) is 9.59 Å². The Kier molecular flexibility index (Phi) is 4.51. The normalized spacial score (nSPS) is 10.6. The molecule has 4 nitrogen and oxygen atoms in total. The van der Waals surface area contributed by atoms with E-state index in [0.717, 1.165) is 10.8 Å². The number of carbonyl (C=O) groups excluding carboxylic acids is 2. The van der Waals surface area contributed by atoms with Gasteiger partial charge in [0.25, 0.3) is 0 Å². The fraction of sp³-hybridized carbons (Fsp3) is 0. The van der Waals surface area contributed by atoms with Crippen LogP contribution >= 0.6 is 22.7 Å². The number of thiophene rings is 2. The van der Waals surface area contributed by atoms with Crippen molar-refractivity contribution in [2.75, 3.05) is 0 Å². The first-order chi connectivity index (χ1) is 12.7. The summed E-state index contributed by atoms with van der Waals surface area (Å²) in [4.78, 5) is 24.4. The van der Waals surface area contributed by atoms with Gasteiger partial charge in [-0.2, -0.15) is 0 Å². The van der Waals surface area contributed by atoms with E-state index in [1.165, 1.54) is 22.7 Å². The molecule has 0 amide bonds. The zero-order valence-corrected chi connectivity index (χ0v) is 15.0. The molecule has 0 atom stereocenters. The first-order valence-electron chi connectivity index (χ1n) is 7.74. The third-order valence-corrected chi connectivity index (χ3v) is 5.18. The summed E-state index contributed by atoms with van der Waals surface area (Å²) in [7, 11) is 0. The fourth-order valence-electron chi connectivity index (χ4n) is 2.44. The maximum atomic E-state index is 12.2. The monoisotopic (exact) mass is 380 g/mol. The number of fused-ring (bicyclic) bond motifs is 1. The summed E-state index contributed by atoms with van der Waals surface area (Å²) < 4.78 is 10.6. The van der Waals surface area contributed by atoms with Crippen molar-refractivity contribution >= 4 is 45.4 Å². The van der Waals surface area contributed by atoms with Gasteiger partial charge < -0.3 is 9.47 Å². The highest BCUT2D eigenvalue weighted by molar-refractivity contribution is 7.12. The minimum absolute atomic E-state index is 0.407. The molecule has 0 aliphatic carbocycles. The Morgan fingerprint density at radius 3 is 1.50 bits per heavy atom. The molecule has 2 heterocycles. The summed E-state index contributed by atoms with van der Waals surface area (Å²) in [6, 6.07) is 17.6. The second kappa shape index (κ2) is 7.11. The molecule has 4 aromatic rings. The summed E-state index contributed by atoms with van der Waals surface area (Å²) in [5.41, 5.74) is 0.916. The van der Waals surface area contributed by atoms with Gasteiger partial charge in [0.15, 0.2) is 10.1 Å². The van der Waals surface area contributed by atoms with E-state index in [9.17, 15) is 9.59 Å². The van der Waals surface area contributed by atoms with Crippen LogP contribution in [0.25, 0.3) is 10.8 Å². The van der Waals surface area contributed by atoms with E-state index in [1.54, 1.807) is 48.5 Å². The Hall–Kier alpha value is -2.96. The van der Waals surface area contributed by atoms with E-state index in [1.807, 2.05) is 22.9 Å². The lowest BCUT2D eigenvalue weighted by molar-refractivity contribution is 0.0731. The number of rotatable bonds is 4. The largest absolute Gasteiger partial charge is 0.412 e. The average molecular weight is 380 g/mol. The van der Waals surface area contributed by atoms with E-state index in [-0.39, 0.29) is 0 Å². The number of carbonyl (C=O) groups is 2. The summed E-state index contributed by atoms with van der Waals surface area (Å²) in [6.45, 7) is 0. The predicted octanol–water partition coefficient (Wildman–Crippen LogP) is 5.40. The van der Waals surface area contributed by atoms with Gasteiger partial charge in [-0.15, -0.1) is 22.7 Å². The SMILES string of the molecule is O=C(Oc1cccs1)c1ccc2cc(C(=O)Oc3cccs3)ccc2c1. The molecule has 2 aromatic carbocycles. The quantitative estimate of drug-likeness (QED) is 0.445. The highest BCUT2D eigenvalue weighted by atomic mass is 32.1. The second-order valence-corrected chi connectivity index (χ2v) is 7.24. The molecule has 4 rings (SSSR count). The molecule has 0 aliphatic rings. The molecule has 0 saturated carbocycles. The first-order valence-corrected chi connectivity index (χ1v) is 9.50. The summed E-state index contributed by atoms with van der Waals surface area (Å²) >= 11 is 2.72. The molecule has 2 aromatic heterocycles. The minimum Gasteiger partial charge on any atom is -0.412 e.